The molecule has 2 unspecified atom stereocenters. The molecule has 36 heavy (non-hydrogen) atoms. The molecular weight excluding hydrogens is 514 g/mol. The van der Waals surface area contributed by atoms with Gasteiger partial charge in [-0.3, -0.25) is 9.59 Å². The van der Waals surface area contributed by atoms with Gasteiger partial charge in [0.2, 0.25) is 11.8 Å². The van der Waals surface area contributed by atoms with Crippen LogP contribution in [0.4, 0.5) is 13.2 Å². The first-order valence-electron chi connectivity index (χ1n) is 12.0. The van der Waals surface area contributed by atoms with Crippen LogP contribution in [0, 0.1) is 5.41 Å². The molecule has 2 heterocycles. The summed E-state index contributed by atoms with van der Waals surface area (Å²) in [6.07, 6.45) is -1.59. The summed E-state index contributed by atoms with van der Waals surface area (Å²) in [5, 5.41) is 7.03. The lowest BCUT2D eigenvalue weighted by atomic mass is 9.86. The number of hydrogen-bond acceptors (Lipinski definition) is 3. The molecule has 0 aromatic heterocycles. The number of likely N-dealkylation sites (tertiary alicyclic amines) is 1. The number of nitrogens with zero attached hydrogens (tertiary/aromatic N) is 1. The summed E-state index contributed by atoms with van der Waals surface area (Å²) in [6.45, 7) is 2.82. The van der Waals surface area contributed by atoms with Gasteiger partial charge in [0.25, 0.3) is 0 Å². The first-order chi connectivity index (χ1) is 17.0. The summed E-state index contributed by atoms with van der Waals surface area (Å²) in [6, 6.07) is 8.26. The third-order valence-electron chi connectivity index (χ3n) is 7.81. The Balaban J connectivity index is 1.43. The number of halogens is 5. The van der Waals surface area contributed by atoms with E-state index in [2.05, 4.69) is 10.6 Å². The molecule has 0 radical (unpaired) electrons. The van der Waals surface area contributed by atoms with Crippen molar-refractivity contribution in [3.63, 3.8) is 0 Å². The highest BCUT2D eigenvalue weighted by atomic mass is 35.5. The zero-order chi connectivity index (χ0) is 25.7. The fourth-order valence-corrected chi connectivity index (χ4v) is 6.08. The summed E-state index contributed by atoms with van der Waals surface area (Å²) in [5.41, 5.74) is -0.758. The largest absolute Gasteiger partial charge is 0.416 e. The van der Waals surface area contributed by atoms with Crippen molar-refractivity contribution in [1.29, 1.82) is 0 Å². The molecule has 1 aliphatic carbocycles. The predicted molar refractivity (Wildman–Crippen MR) is 131 cm³/mol. The minimum atomic E-state index is -4.50. The van der Waals surface area contributed by atoms with Gasteiger partial charge in [0.05, 0.1) is 11.0 Å². The summed E-state index contributed by atoms with van der Waals surface area (Å²) in [5.74, 6) is -0.689. The maximum Gasteiger partial charge on any atom is 0.416 e. The second-order valence-electron chi connectivity index (χ2n) is 10.2. The molecule has 5 rings (SSSR count). The first kappa shape index (κ1) is 25.4. The average molecular weight is 540 g/mol. The van der Waals surface area contributed by atoms with Crippen molar-refractivity contribution < 1.29 is 22.8 Å². The van der Waals surface area contributed by atoms with Crippen LogP contribution in [0.15, 0.2) is 42.5 Å². The normalized spacial score (nSPS) is 23.6. The van der Waals surface area contributed by atoms with Gasteiger partial charge in [-0.05, 0) is 67.6 Å². The number of carbonyl (C=O) groups is 2. The van der Waals surface area contributed by atoms with Crippen molar-refractivity contribution in [2.45, 2.75) is 43.3 Å². The molecule has 10 heteroatoms. The standard InChI is InChI=1S/C26H26Cl2F3N3O2/c27-18-5-6-19(20(28)13-18)25(7-8-25)23(36)33-21(16-1-3-17(4-2-16)26(29,30)31)22(35)34-12-10-24(15-34)9-11-32-14-24/h1-6,13,21,32H,7-12,14-15H2,(H,33,36). The third kappa shape index (κ3) is 4.71. The SMILES string of the molecule is O=C(C(NC(=O)C1(c2ccc(Cl)cc2Cl)CC1)c1ccc(C(F)(F)F)cc1)N1CCC2(CCNC2)C1. The van der Waals surface area contributed by atoms with E-state index in [1.165, 1.54) is 12.1 Å². The second-order valence-corrected chi connectivity index (χ2v) is 11.0. The fraction of sp³-hybridized carbons (Fsp3) is 0.462. The number of nitrogens with one attached hydrogen (secondary N) is 2. The van der Waals surface area contributed by atoms with Crippen molar-refractivity contribution in [3.05, 3.63) is 69.2 Å². The molecule has 3 fully saturated rings. The molecule has 2 aromatic rings. The van der Waals surface area contributed by atoms with Crippen LogP contribution in [-0.2, 0) is 21.2 Å². The van der Waals surface area contributed by atoms with Crippen molar-refractivity contribution >= 4 is 35.0 Å². The Morgan fingerprint density at radius 1 is 1.03 bits per heavy atom. The summed E-state index contributed by atoms with van der Waals surface area (Å²) in [4.78, 5) is 29.0. The molecule has 192 valence electrons. The van der Waals surface area contributed by atoms with E-state index in [9.17, 15) is 22.8 Å². The number of carbonyl (C=O) groups excluding carboxylic acids is 2. The summed E-state index contributed by atoms with van der Waals surface area (Å²) < 4.78 is 39.5. The number of rotatable bonds is 5. The molecule has 0 bridgehead atoms. The first-order valence-corrected chi connectivity index (χ1v) is 12.7. The second kappa shape index (κ2) is 9.23. The molecule has 1 saturated carbocycles. The maximum atomic E-state index is 13.7. The zero-order valence-electron chi connectivity index (χ0n) is 19.4. The van der Waals surface area contributed by atoms with Crippen LogP contribution in [-0.4, -0.2) is 42.9 Å². The van der Waals surface area contributed by atoms with E-state index < -0.39 is 23.2 Å². The molecule has 2 saturated heterocycles. The van der Waals surface area contributed by atoms with Gasteiger partial charge in [-0.2, -0.15) is 13.2 Å². The van der Waals surface area contributed by atoms with Crippen molar-refractivity contribution in [1.82, 2.24) is 15.5 Å². The van der Waals surface area contributed by atoms with Gasteiger partial charge in [-0.25, -0.2) is 0 Å². The highest BCUT2D eigenvalue weighted by Gasteiger charge is 2.53. The Morgan fingerprint density at radius 2 is 1.75 bits per heavy atom. The molecule has 2 amide bonds. The van der Waals surface area contributed by atoms with Crippen LogP contribution in [0.2, 0.25) is 10.0 Å². The van der Waals surface area contributed by atoms with Gasteiger partial charge < -0.3 is 15.5 Å². The molecule has 2 atom stereocenters. The van der Waals surface area contributed by atoms with Gasteiger partial charge in [-0.1, -0.05) is 41.4 Å². The summed E-state index contributed by atoms with van der Waals surface area (Å²) in [7, 11) is 0. The van der Waals surface area contributed by atoms with Crippen LogP contribution in [0.25, 0.3) is 0 Å². The molecule has 1 spiro atoms. The highest BCUT2D eigenvalue weighted by molar-refractivity contribution is 6.35. The van der Waals surface area contributed by atoms with E-state index >= 15 is 0 Å². The molecule has 2 N–H and O–H groups in total. The lowest BCUT2D eigenvalue weighted by Gasteiger charge is -2.28. The Morgan fingerprint density at radius 3 is 2.33 bits per heavy atom. The van der Waals surface area contributed by atoms with Gasteiger partial charge in [-0.15, -0.1) is 0 Å². The lowest BCUT2D eigenvalue weighted by Crippen LogP contribution is -2.46. The van der Waals surface area contributed by atoms with Gasteiger partial charge in [0.1, 0.15) is 6.04 Å². The molecule has 2 aliphatic heterocycles. The number of amides is 2. The van der Waals surface area contributed by atoms with Crippen LogP contribution in [0.1, 0.15) is 48.4 Å². The van der Waals surface area contributed by atoms with E-state index in [0.717, 1.165) is 38.1 Å². The Labute approximate surface area is 217 Å². The Bertz CT molecular complexity index is 1180. The summed E-state index contributed by atoms with van der Waals surface area (Å²) >= 11 is 12.4. The Kier molecular flexibility index (Phi) is 6.50. The smallest absolute Gasteiger partial charge is 0.340 e. The van der Waals surface area contributed by atoms with Gasteiger partial charge in [0.15, 0.2) is 0 Å². The quantitative estimate of drug-likeness (QED) is 0.554. The van der Waals surface area contributed by atoms with Crippen molar-refractivity contribution in [2.24, 2.45) is 5.41 Å². The van der Waals surface area contributed by atoms with Gasteiger partial charge >= 0.3 is 6.18 Å². The van der Waals surface area contributed by atoms with E-state index in [0.29, 0.717) is 47.1 Å². The van der Waals surface area contributed by atoms with Crippen LogP contribution < -0.4 is 10.6 Å². The topological polar surface area (TPSA) is 61.4 Å². The number of hydrogen-bond donors (Lipinski definition) is 2. The number of benzene rings is 2. The van der Waals surface area contributed by atoms with E-state index in [1.807, 2.05) is 0 Å². The molecule has 3 aliphatic rings. The minimum absolute atomic E-state index is 0.0128. The highest BCUT2D eigenvalue weighted by Crippen LogP contribution is 2.51. The monoisotopic (exact) mass is 539 g/mol. The zero-order valence-corrected chi connectivity index (χ0v) is 20.9. The maximum absolute atomic E-state index is 13.7. The molecule has 2 aromatic carbocycles. The van der Waals surface area contributed by atoms with Crippen molar-refractivity contribution in [3.8, 4) is 0 Å². The third-order valence-corrected chi connectivity index (χ3v) is 8.35. The molecule has 5 nitrogen and oxygen atoms in total. The molecular formula is C26H26Cl2F3N3O2. The van der Waals surface area contributed by atoms with E-state index in [4.69, 9.17) is 23.2 Å². The predicted octanol–water partition coefficient (Wildman–Crippen LogP) is 5.11. The van der Waals surface area contributed by atoms with Crippen LogP contribution in [0.3, 0.4) is 0 Å². The van der Waals surface area contributed by atoms with Crippen LogP contribution >= 0.6 is 23.2 Å². The van der Waals surface area contributed by atoms with Gasteiger partial charge in [0, 0.05) is 35.1 Å². The van der Waals surface area contributed by atoms with Crippen LogP contribution in [0.5, 0.6) is 0 Å². The average Bonchev–Trinajstić information content (AvgIpc) is 3.33. The van der Waals surface area contributed by atoms with Crippen molar-refractivity contribution in [2.75, 3.05) is 26.2 Å². The van der Waals surface area contributed by atoms with E-state index in [-0.39, 0.29) is 17.2 Å². The Hall–Kier alpha value is -2.29. The minimum Gasteiger partial charge on any atom is -0.340 e. The lowest BCUT2D eigenvalue weighted by molar-refractivity contribution is -0.137. The fourth-order valence-electron chi connectivity index (χ4n) is 5.49. The van der Waals surface area contributed by atoms with E-state index in [1.54, 1.807) is 23.1 Å². The number of alkyl halides is 3.